The fraction of sp³-hybridized carbons (Fsp3) is 0.111. The summed E-state index contributed by atoms with van der Waals surface area (Å²) in [4.78, 5) is 0. The number of hydrogen-bond donors (Lipinski definition) is 0. The predicted molar refractivity (Wildman–Crippen MR) is 49.2 cm³/mol. The zero-order chi connectivity index (χ0) is 9.97. The van der Waals surface area contributed by atoms with Crippen LogP contribution in [0.2, 0.25) is 0 Å². The van der Waals surface area contributed by atoms with E-state index in [9.17, 15) is 4.39 Å². The van der Waals surface area contributed by atoms with E-state index in [2.05, 4.69) is 10.2 Å². The third-order valence-corrected chi connectivity index (χ3v) is 1.90. The molecule has 14 heavy (non-hydrogen) atoms. The number of rotatable bonds is 2. The molecular weight excluding hydrogens is 207 g/mol. The van der Waals surface area contributed by atoms with Crippen LogP contribution in [0.4, 0.5) is 4.39 Å². The Morgan fingerprint density at radius 3 is 2.50 bits per heavy atom. The van der Waals surface area contributed by atoms with Crippen LogP contribution in [0.1, 0.15) is 5.89 Å². The Morgan fingerprint density at radius 1 is 1.21 bits per heavy atom. The topological polar surface area (TPSA) is 38.9 Å². The molecule has 0 saturated heterocycles. The van der Waals surface area contributed by atoms with Gasteiger partial charge in [0.05, 0.1) is 0 Å². The van der Waals surface area contributed by atoms with Gasteiger partial charge in [-0.05, 0) is 24.3 Å². The van der Waals surface area contributed by atoms with Gasteiger partial charge in [0.25, 0.3) is 0 Å². The highest BCUT2D eigenvalue weighted by Crippen LogP contribution is 2.18. The molecular formula is C9H6ClFN2O. The van der Waals surface area contributed by atoms with Crippen molar-refractivity contribution >= 4 is 11.6 Å². The van der Waals surface area contributed by atoms with Crippen LogP contribution in [0.25, 0.3) is 11.5 Å². The lowest BCUT2D eigenvalue weighted by Gasteiger charge is -1.92. The van der Waals surface area contributed by atoms with E-state index in [4.69, 9.17) is 16.0 Å². The second kappa shape index (κ2) is 3.75. The van der Waals surface area contributed by atoms with E-state index in [-0.39, 0.29) is 11.7 Å². The van der Waals surface area contributed by atoms with Crippen molar-refractivity contribution in [1.29, 1.82) is 0 Å². The summed E-state index contributed by atoms with van der Waals surface area (Å²) in [6, 6.07) is 5.81. The summed E-state index contributed by atoms with van der Waals surface area (Å²) >= 11 is 5.50. The van der Waals surface area contributed by atoms with Crippen molar-refractivity contribution in [2.45, 2.75) is 5.88 Å². The molecule has 5 heteroatoms. The van der Waals surface area contributed by atoms with Gasteiger partial charge in [0, 0.05) is 5.56 Å². The Morgan fingerprint density at radius 2 is 1.93 bits per heavy atom. The maximum absolute atomic E-state index is 12.6. The Labute approximate surface area is 84.5 Å². The van der Waals surface area contributed by atoms with Gasteiger partial charge in [0.1, 0.15) is 11.7 Å². The number of alkyl halides is 1. The molecule has 0 bridgehead atoms. The second-order valence-electron chi connectivity index (χ2n) is 2.64. The third kappa shape index (κ3) is 1.75. The van der Waals surface area contributed by atoms with Crippen molar-refractivity contribution in [2.24, 2.45) is 0 Å². The molecule has 0 aliphatic carbocycles. The fourth-order valence-electron chi connectivity index (χ4n) is 1.02. The standard InChI is InChI=1S/C9H6ClFN2O/c10-5-8-12-13-9(14-8)6-1-3-7(11)4-2-6/h1-4H,5H2. The third-order valence-electron chi connectivity index (χ3n) is 1.67. The Bertz CT molecular complexity index is 427. The van der Waals surface area contributed by atoms with Crippen molar-refractivity contribution in [3.63, 3.8) is 0 Å². The second-order valence-corrected chi connectivity index (χ2v) is 2.91. The maximum Gasteiger partial charge on any atom is 0.247 e. The molecule has 1 aromatic carbocycles. The minimum absolute atomic E-state index is 0.175. The molecule has 3 nitrogen and oxygen atoms in total. The van der Waals surface area contributed by atoms with E-state index in [0.29, 0.717) is 17.3 Å². The molecule has 0 unspecified atom stereocenters. The Hall–Kier alpha value is -1.42. The van der Waals surface area contributed by atoms with E-state index in [1.807, 2.05) is 0 Å². The molecule has 1 heterocycles. The van der Waals surface area contributed by atoms with Crippen LogP contribution < -0.4 is 0 Å². The van der Waals surface area contributed by atoms with E-state index in [1.165, 1.54) is 12.1 Å². The van der Waals surface area contributed by atoms with Gasteiger partial charge in [-0.2, -0.15) is 0 Å². The lowest BCUT2D eigenvalue weighted by Crippen LogP contribution is -1.78. The molecule has 0 aliphatic heterocycles. The number of benzene rings is 1. The van der Waals surface area contributed by atoms with Gasteiger partial charge in [-0.3, -0.25) is 0 Å². The van der Waals surface area contributed by atoms with Crippen LogP contribution in [0.15, 0.2) is 28.7 Å². The van der Waals surface area contributed by atoms with Gasteiger partial charge in [-0.25, -0.2) is 4.39 Å². The number of nitrogens with zero attached hydrogens (tertiary/aromatic N) is 2. The summed E-state index contributed by atoms with van der Waals surface area (Å²) in [7, 11) is 0. The minimum atomic E-state index is -0.300. The summed E-state index contributed by atoms with van der Waals surface area (Å²) in [6.45, 7) is 0. The zero-order valence-electron chi connectivity index (χ0n) is 7.08. The van der Waals surface area contributed by atoms with Crippen molar-refractivity contribution in [3.8, 4) is 11.5 Å². The van der Waals surface area contributed by atoms with Crippen LogP contribution in [-0.4, -0.2) is 10.2 Å². The highest BCUT2D eigenvalue weighted by atomic mass is 35.5. The highest BCUT2D eigenvalue weighted by Gasteiger charge is 2.06. The van der Waals surface area contributed by atoms with Crippen molar-refractivity contribution < 1.29 is 8.81 Å². The molecule has 0 fully saturated rings. The van der Waals surface area contributed by atoms with Gasteiger partial charge in [0.2, 0.25) is 11.8 Å². The zero-order valence-corrected chi connectivity index (χ0v) is 7.83. The van der Waals surface area contributed by atoms with Crippen molar-refractivity contribution in [2.75, 3.05) is 0 Å². The normalized spacial score (nSPS) is 10.4. The Balaban J connectivity index is 2.34. The van der Waals surface area contributed by atoms with Crippen LogP contribution in [-0.2, 0) is 5.88 Å². The van der Waals surface area contributed by atoms with Gasteiger partial charge in [-0.1, -0.05) is 0 Å². The van der Waals surface area contributed by atoms with Crippen LogP contribution in [0.3, 0.4) is 0 Å². The van der Waals surface area contributed by atoms with Gasteiger partial charge >= 0.3 is 0 Å². The van der Waals surface area contributed by atoms with Crippen LogP contribution in [0, 0.1) is 5.82 Å². The average Bonchev–Trinajstić information content (AvgIpc) is 2.67. The van der Waals surface area contributed by atoms with Crippen molar-refractivity contribution in [1.82, 2.24) is 10.2 Å². The summed E-state index contributed by atoms with van der Waals surface area (Å²) in [5.41, 5.74) is 0.676. The number of aromatic nitrogens is 2. The highest BCUT2D eigenvalue weighted by molar-refractivity contribution is 6.16. The first-order valence-electron chi connectivity index (χ1n) is 3.94. The molecule has 72 valence electrons. The van der Waals surface area contributed by atoms with E-state index < -0.39 is 0 Å². The summed E-state index contributed by atoms with van der Waals surface area (Å²) in [6.07, 6.45) is 0. The van der Waals surface area contributed by atoms with Gasteiger partial charge in [0.15, 0.2) is 0 Å². The van der Waals surface area contributed by atoms with Crippen molar-refractivity contribution in [3.05, 3.63) is 36.0 Å². The molecule has 0 spiro atoms. The molecule has 2 rings (SSSR count). The van der Waals surface area contributed by atoms with Gasteiger partial charge < -0.3 is 4.42 Å². The number of hydrogen-bond acceptors (Lipinski definition) is 3. The first-order valence-corrected chi connectivity index (χ1v) is 4.47. The first kappa shape index (κ1) is 9.15. The molecule has 0 saturated carbocycles. The van der Waals surface area contributed by atoms with Gasteiger partial charge in [-0.15, -0.1) is 21.8 Å². The summed E-state index contributed by atoms with van der Waals surface area (Å²) in [5, 5.41) is 7.45. The van der Waals surface area contributed by atoms with E-state index in [1.54, 1.807) is 12.1 Å². The quantitative estimate of drug-likeness (QED) is 0.719. The molecule has 2 aromatic rings. The molecule has 0 N–H and O–H groups in total. The molecule has 0 aliphatic rings. The lowest BCUT2D eigenvalue weighted by atomic mass is 10.2. The van der Waals surface area contributed by atoms with Crippen LogP contribution >= 0.6 is 11.6 Å². The minimum Gasteiger partial charge on any atom is -0.419 e. The predicted octanol–water partition coefficient (Wildman–Crippen LogP) is 2.61. The summed E-state index contributed by atoms with van der Waals surface area (Å²) in [5.74, 6) is 0.575. The first-order chi connectivity index (χ1) is 6.79. The van der Waals surface area contributed by atoms with E-state index >= 15 is 0 Å². The smallest absolute Gasteiger partial charge is 0.247 e. The fourth-order valence-corrected chi connectivity index (χ4v) is 1.12. The SMILES string of the molecule is Fc1ccc(-c2nnc(CCl)o2)cc1. The van der Waals surface area contributed by atoms with E-state index in [0.717, 1.165) is 0 Å². The number of halogens is 2. The maximum atomic E-state index is 12.6. The largest absolute Gasteiger partial charge is 0.419 e. The molecule has 0 radical (unpaired) electrons. The Kier molecular flexibility index (Phi) is 2.45. The molecule has 0 atom stereocenters. The monoisotopic (exact) mass is 212 g/mol. The molecule has 0 amide bonds. The average molecular weight is 213 g/mol. The summed E-state index contributed by atoms with van der Waals surface area (Å²) < 4.78 is 17.8. The lowest BCUT2D eigenvalue weighted by molar-refractivity contribution is 0.527. The van der Waals surface area contributed by atoms with Crippen LogP contribution in [0.5, 0.6) is 0 Å². The molecule has 1 aromatic heterocycles.